The molecule has 0 radical (unpaired) electrons. The number of benzene rings is 2. The maximum absolute atomic E-state index is 11.9. The number of likely N-dealkylation sites (tertiary alicyclic amines) is 1. The highest BCUT2D eigenvalue weighted by molar-refractivity contribution is 5.74. The molecule has 162 valence electrons. The van der Waals surface area contributed by atoms with Gasteiger partial charge in [-0.05, 0) is 55.2 Å². The highest BCUT2D eigenvalue weighted by atomic mass is 16.5. The third-order valence-corrected chi connectivity index (χ3v) is 5.44. The molecule has 1 N–H and O–H groups in total. The van der Waals surface area contributed by atoms with Crippen LogP contribution in [-0.4, -0.2) is 56.5 Å². The number of hydrogen-bond acceptors (Lipinski definition) is 6. The van der Waals surface area contributed by atoms with E-state index in [1.165, 1.54) is 0 Å². The lowest BCUT2D eigenvalue weighted by Crippen LogP contribution is -2.39. The molecule has 7 nitrogen and oxygen atoms in total. The first-order valence-electron chi connectivity index (χ1n) is 10.0. The lowest BCUT2D eigenvalue weighted by Gasteiger charge is -2.32. The SMILES string of the molecule is CCOc1cc(C(c2ccc(OC)c(OC)c2)N2CCCC2C(=O)O)ccc1OC. The second kappa shape index (κ2) is 9.71. The minimum Gasteiger partial charge on any atom is -0.493 e. The molecule has 0 spiro atoms. The number of carbonyl (C=O) groups is 1. The zero-order chi connectivity index (χ0) is 21.7. The van der Waals surface area contributed by atoms with Crippen LogP contribution in [-0.2, 0) is 4.79 Å². The summed E-state index contributed by atoms with van der Waals surface area (Å²) in [4.78, 5) is 14.0. The first kappa shape index (κ1) is 21.8. The Balaban J connectivity index is 2.13. The Hall–Kier alpha value is -2.93. The van der Waals surface area contributed by atoms with Gasteiger partial charge in [-0.3, -0.25) is 9.69 Å². The number of aliphatic carboxylic acids is 1. The monoisotopic (exact) mass is 415 g/mol. The van der Waals surface area contributed by atoms with Gasteiger partial charge in [-0.15, -0.1) is 0 Å². The molecule has 30 heavy (non-hydrogen) atoms. The zero-order valence-electron chi connectivity index (χ0n) is 17.9. The van der Waals surface area contributed by atoms with Gasteiger partial charge >= 0.3 is 5.97 Å². The van der Waals surface area contributed by atoms with Crippen molar-refractivity contribution in [3.05, 3.63) is 47.5 Å². The normalized spacial score (nSPS) is 17.4. The highest BCUT2D eigenvalue weighted by Gasteiger charge is 2.37. The Morgan fingerprint density at radius 1 is 1.00 bits per heavy atom. The van der Waals surface area contributed by atoms with Crippen LogP contribution in [0.5, 0.6) is 23.0 Å². The molecule has 1 heterocycles. The molecular weight excluding hydrogens is 386 g/mol. The van der Waals surface area contributed by atoms with E-state index in [4.69, 9.17) is 18.9 Å². The van der Waals surface area contributed by atoms with Gasteiger partial charge in [0.05, 0.1) is 34.0 Å². The van der Waals surface area contributed by atoms with Gasteiger partial charge in [-0.2, -0.15) is 0 Å². The molecule has 0 amide bonds. The Labute approximate surface area is 177 Å². The standard InChI is InChI=1S/C23H29NO6/c1-5-30-21-14-16(9-11-19(21)28-3)22(24-12-6-7-17(24)23(25)26)15-8-10-18(27-2)20(13-15)29-4/h8-11,13-14,17,22H,5-7,12H2,1-4H3,(H,25,26). The molecule has 2 atom stereocenters. The summed E-state index contributed by atoms with van der Waals surface area (Å²) in [5.74, 6) is 1.69. The van der Waals surface area contributed by atoms with Gasteiger partial charge in [0.2, 0.25) is 0 Å². The Kier molecular flexibility index (Phi) is 7.05. The van der Waals surface area contributed by atoms with Crippen LogP contribution in [0, 0.1) is 0 Å². The topological polar surface area (TPSA) is 77.5 Å². The van der Waals surface area contributed by atoms with E-state index in [1.807, 2.05) is 48.2 Å². The summed E-state index contributed by atoms with van der Waals surface area (Å²) in [6.07, 6.45) is 1.45. The summed E-state index contributed by atoms with van der Waals surface area (Å²) < 4.78 is 22.1. The molecule has 1 aliphatic heterocycles. The molecule has 1 aliphatic rings. The summed E-state index contributed by atoms with van der Waals surface area (Å²) in [7, 11) is 4.78. The molecule has 0 saturated carbocycles. The molecule has 0 aromatic heterocycles. The van der Waals surface area contributed by atoms with Gasteiger partial charge in [0.15, 0.2) is 23.0 Å². The van der Waals surface area contributed by atoms with Crippen molar-refractivity contribution in [3.8, 4) is 23.0 Å². The first-order chi connectivity index (χ1) is 14.5. The van der Waals surface area contributed by atoms with Crippen molar-refractivity contribution in [1.82, 2.24) is 4.90 Å². The average molecular weight is 415 g/mol. The van der Waals surface area contributed by atoms with Gasteiger partial charge in [0, 0.05) is 6.54 Å². The van der Waals surface area contributed by atoms with E-state index in [9.17, 15) is 9.90 Å². The van der Waals surface area contributed by atoms with Crippen molar-refractivity contribution in [3.63, 3.8) is 0 Å². The summed E-state index contributed by atoms with van der Waals surface area (Å²) >= 11 is 0. The van der Waals surface area contributed by atoms with E-state index in [-0.39, 0.29) is 6.04 Å². The molecule has 3 rings (SSSR count). The van der Waals surface area contributed by atoms with Crippen molar-refractivity contribution in [2.24, 2.45) is 0 Å². The van der Waals surface area contributed by atoms with Crippen molar-refractivity contribution in [2.75, 3.05) is 34.5 Å². The Morgan fingerprint density at radius 2 is 1.57 bits per heavy atom. The number of nitrogens with zero attached hydrogens (tertiary/aromatic N) is 1. The van der Waals surface area contributed by atoms with Gasteiger partial charge < -0.3 is 24.1 Å². The van der Waals surface area contributed by atoms with Gasteiger partial charge in [-0.25, -0.2) is 0 Å². The molecule has 0 aliphatic carbocycles. The second-order valence-electron chi connectivity index (χ2n) is 7.09. The number of carboxylic acid groups (broad SMARTS) is 1. The quantitative estimate of drug-likeness (QED) is 0.668. The van der Waals surface area contributed by atoms with E-state index in [2.05, 4.69) is 0 Å². The van der Waals surface area contributed by atoms with E-state index in [0.717, 1.165) is 17.5 Å². The predicted octanol–water partition coefficient (Wildman–Crippen LogP) is 3.75. The summed E-state index contributed by atoms with van der Waals surface area (Å²) in [6, 6.07) is 10.6. The molecule has 2 unspecified atom stereocenters. The van der Waals surface area contributed by atoms with E-state index >= 15 is 0 Å². The molecule has 1 saturated heterocycles. The van der Waals surface area contributed by atoms with Crippen LogP contribution in [0.3, 0.4) is 0 Å². The number of ether oxygens (including phenoxy) is 4. The summed E-state index contributed by atoms with van der Waals surface area (Å²) in [5.41, 5.74) is 1.85. The molecule has 7 heteroatoms. The van der Waals surface area contributed by atoms with Gasteiger partial charge in [0.25, 0.3) is 0 Å². The lowest BCUT2D eigenvalue weighted by atomic mass is 9.95. The van der Waals surface area contributed by atoms with Crippen LogP contribution in [0.15, 0.2) is 36.4 Å². The average Bonchev–Trinajstić information content (AvgIpc) is 3.24. The fraction of sp³-hybridized carbons (Fsp3) is 0.435. The van der Waals surface area contributed by atoms with E-state index < -0.39 is 12.0 Å². The number of carboxylic acids is 1. The van der Waals surface area contributed by atoms with E-state index in [1.54, 1.807) is 21.3 Å². The van der Waals surface area contributed by atoms with Crippen molar-refractivity contribution >= 4 is 5.97 Å². The first-order valence-corrected chi connectivity index (χ1v) is 10.0. The van der Waals surface area contributed by atoms with Gasteiger partial charge in [-0.1, -0.05) is 12.1 Å². The second-order valence-corrected chi connectivity index (χ2v) is 7.09. The minimum atomic E-state index is -0.809. The third-order valence-electron chi connectivity index (χ3n) is 5.44. The molecule has 2 aromatic rings. The maximum atomic E-state index is 11.9. The van der Waals surface area contributed by atoms with Crippen LogP contribution in [0.1, 0.15) is 36.9 Å². The number of hydrogen-bond donors (Lipinski definition) is 1. The molecule has 1 fully saturated rings. The number of methoxy groups -OCH3 is 3. The lowest BCUT2D eigenvalue weighted by molar-refractivity contribution is -0.142. The zero-order valence-corrected chi connectivity index (χ0v) is 17.9. The maximum Gasteiger partial charge on any atom is 0.320 e. The fourth-order valence-corrected chi connectivity index (χ4v) is 4.09. The van der Waals surface area contributed by atoms with Crippen LogP contribution in [0.2, 0.25) is 0 Å². The predicted molar refractivity (Wildman–Crippen MR) is 113 cm³/mol. The van der Waals surface area contributed by atoms with Crippen LogP contribution in [0.25, 0.3) is 0 Å². The summed E-state index contributed by atoms with van der Waals surface area (Å²) in [6.45, 7) is 3.10. The summed E-state index contributed by atoms with van der Waals surface area (Å²) in [5, 5.41) is 9.80. The van der Waals surface area contributed by atoms with Crippen molar-refractivity contribution < 1.29 is 28.8 Å². The van der Waals surface area contributed by atoms with Crippen LogP contribution >= 0.6 is 0 Å². The minimum absolute atomic E-state index is 0.279. The largest absolute Gasteiger partial charge is 0.493 e. The molecular formula is C23H29NO6. The van der Waals surface area contributed by atoms with Crippen molar-refractivity contribution in [2.45, 2.75) is 31.8 Å². The molecule has 0 bridgehead atoms. The van der Waals surface area contributed by atoms with Crippen molar-refractivity contribution in [1.29, 1.82) is 0 Å². The van der Waals surface area contributed by atoms with Crippen LogP contribution in [0.4, 0.5) is 0 Å². The fourth-order valence-electron chi connectivity index (χ4n) is 4.09. The smallest absolute Gasteiger partial charge is 0.320 e. The highest BCUT2D eigenvalue weighted by Crippen LogP contribution is 2.41. The Bertz CT molecular complexity index is 884. The van der Waals surface area contributed by atoms with Crippen LogP contribution < -0.4 is 18.9 Å². The molecule has 2 aromatic carbocycles. The van der Waals surface area contributed by atoms with E-state index in [0.29, 0.717) is 42.6 Å². The third kappa shape index (κ3) is 4.31. The van der Waals surface area contributed by atoms with Gasteiger partial charge in [0.1, 0.15) is 6.04 Å². The number of rotatable bonds is 9. The Morgan fingerprint density at radius 3 is 2.10 bits per heavy atom.